The number of piperazine rings is 1. The topological polar surface area (TPSA) is 36.4 Å². The molecule has 2 aromatic rings. The summed E-state index contributed by atoms with van der Waals surface area (Å²) in [5, 5.41) is 1.07. The molecule has 1 amide bonds. The zero-order valence-corrected chi connectivity index (χ0v) is 12.9. The molecule has 4 nitrogen and oxygen atoms in total. The molecule has 0 N–H and O–H groups in total. The molecule has 1 unspecified atom stereocenters. The summed E-state index contributed by atoms with van der Waals surface area (Å²) in [6.07, 6.45) is 0. The van der Waals surface area contributed by atoms with E-state index in [4.69, 9.17) is 11.6 Å². The van der Waals surface area contributed by atoms with E-state index in [1.165, 1.54) is 9.60 Å². The summed E-state index contributed by atoms with van der Waals surface area (Å²) in [6.45, 7) is 3.21. The molecule has 1 fully saturated rings. The number of thiazole rings is 1. The first kappa shape index (κ1) is 14.7. The Balaban J connectivity index is 1.59. The summed E-state index contributed by atoms with van der Waals surface area (Å²) in [5.74, 6) is -0.628. The number of hydrogen-bond donors (Lipinski definition) is 0. The van der Waals surface area contributed by atoms with Gasteiger partial charge >= 0.3 is 0 Å². The molecule has 112 valence electrons. The average molecular weight is 328 g/mol. The molecule has 0 saturated carbocycles. The van der Waals surface area contributed by atoms with E-state index in [2.05, 4.69) is 16.0 Å². The molecule has 1 aliphatic rings. The first-order valence-corrected chi connectivity index (χ1v) is 8.02. The third kappa shape index (κ3) is 3.33. The first-order valence-electron chi connectivity index (χ1n) is 6.77. The predicted octanol–water partition coefficient (Wildman–Crippen LogP) is 2.47. The largest absolute Gasteiger partial charge is 0.337 e. The first-order chi connectivity index (χ1) is 10.1. The van der Waals surface area contributed by atoms with Crippen LogP contribution in [0.2, 0.25) is 0 Å². The van der Waals surface area contributed by atoms with Crippen LogP contribution in [0.3, 0.4) is 0 Å². The van der Waals surface area contributed by atoms with Gasteiger partial charge in [-0.05, 0) is 12.1 Å². The Morgan fingerprint density at radius 3 is 2.71 bits per heavy atom. The molecule has 1 saturated heterocycles. The van der Waals surface area contributed by atoms with Crippen molar-refractivity contribution in [3.63, 3.8) is 0 Å². The van der Waals surface area contributed by atoms with Crippen LogP contribution in [0.1, 0.15) is 5.01 Å². The fraction of sp³-hybridized carbons (Fsp3) is 0.429. The van der Waals surface area contributed by atoms with Crippen LogP contribution in [0.5, 0.6) is 0 Å². The smallest absolute Gasteiger partial charge is 0.272 e. The summed E-state index contributed by atoms with van der Waals surface area (Å²) in [5.41, 5.74) is -0.908. The Labute approximate surface area is 131 Å². The Bertz CT molecular complexity index is 607. The lowest BCUT2D eigenvalue weighted by atomic mass is 10.3. The quantitative estimate of drug-likeness (QED) is 0.813. The lowest BCUT2D eigenvalue weighted by Crippen LogP contribution is -2.49. The fourth-order valence-corrected chi connectivity index (χ4v) is 3.59. The van der Waals surface area contributed by atoms with Crippen LogP contribution in [-0.2, 0) is 11.3 Å². The highest BCUT2D eigenvalue weighted by Gasteiger charge is 2.26. The highest BCUT2D eigenvalue weighted by molar-refractivity contribution is 7.18. The van der Waals surface area contributed by atoms with E-state index in [0.29, 0.717) is 26.2 Å². The SMILES string of the molecule is O=C(C(F)Cl)N1CCN(Cc2nc3ccccc3s2)CC1. The van der Waals surface area contributed by atoms with Gasteiger partial charge in [-0.25, -0.2) is 9.37 Å². The minimum atomic E-state index is -1.93. The second-order valence-electron chi connectivity index (χ2n) is 4.98. The highest BCUT2D eigenvalue weighted by atomic mass is 35.5. The Morgan fingerprint density at radius 2 is 2.05 bits per heavy atom. The molecule has 1 aromatic carbocycles. The van der Waals surface area contributed by atoms with E-state index >= 15 is 0 Å². The van der Waals surface area contributed by atoms with Crippen molar-refractivity contribution in [1.82, 2.24) is 14.8 Å². The maximum absolute atomic E-state index is 12.8. The van der Waals surface area contributed by atoms with Gasteiger partial charge in [0.05, 0.1) is 16.8 Å². The number of alkyl halides is 2. The molecule has 1 aromatic heterocycles. The number of hydrogen-bond acceptors (Lipinski definition) is 4. The van der Waals surface area contributed by atoms with Gasteiger partial charge in [-0.3, -0.25) is 9.69 Å². The number of carbonyl (C=O) groups is 1. The van der Waals surface area contributed by atoms with Gasteiger partial charge in [-0.2, -0.15) is 0 Å². The molecule has 7 heteroatoms. The minimum Gasteiger partial charge on any atom is -0.337 e. The van der Waals surface area contributed by atoms with Gasteiger partial charge in [-0.15, -0.1) is 11.3 Å². The maximum atomic E-state index is 12.8. The van der Waals surface area contributed by atoms with Crippen molar-refractivity contribution in [2.75, 3.05) is 26.2 Å². The van der Waals surface area contributed by atoms with Crippen molar-refractivity contribution in [3.8, 4) is 0 Å². The van der Waals surface area contributed by atoms with Crippen molar-refractivity contribution in [2.24, 2.45) is 0 Å². The molecule has 1 atom stereocenters. The van der Waals surface area contributed by atoms with Crippen molar-refractivity contribution in [3.05, 3.63) is 29.3 Å². The van der Waals surface area contributed by atoms with Crippen molar-refractivity contribution in [2.45, 2.75) is 12.2 Å². The van der Waals surface area contributed by atoms with E-state index in [1.807, 2.05) is 18.2 Å². The standard InChI is InChI=1S/C14H15ClFN3OS/c15-13(16)14(20)19-7-5-18(6-8-19)9-12-17-10-3-1-2-4-11(10)21-12/h1-4,13H,5-9H2. The molecule has 0 aliphatic carbocycles. The highest BCUT2D eigenvalue weighted by Crippen LogP contribution is 2.23. The number of benzene rings is 1. The zero-order chi connectivity index (χ0) is 14.8. The molecule has 2 heterocycles. The van der Waals surface area contributed by atoms with Gasteiger partial charge in [0.1, 0.15) is 5.01 Å². The number of halogens is 2. The number of rotatable bonds is 3. The van der Waals surface area contributed by atoms with E-state index in [9.17, 15) is 9.18 Å². The number of carbonyl (C=O) groups excluding carboxylic acids is 1. The summed E-state index contributed by atoms with van der Waals surface area (Å²) in [6, 6.07) is 8.06. The van der Waals surface area contributed by atoms with Gasteiger partial charge < -0.3 is 4.90 Å². The lowest BCUT2D eigenvalue weighted by Gasteiger charge is -2.34. The molecule has 21 heavy (non-hydrogen) atoms. The van der Waals surface area contributed by atoms with Crippen molar-refractivity contribution < 1.29 is 9.18 Å². The second kappa shape index (κ2) is 6.25. The number of amides is 1. The van der Waals surface area contributed by atoms with Gasteiger partial charge in [0.15, 0.2) is 0 Å². The molecule has 0 radical (unpaired) electrons. The van der Waals surface area contributed by atoms with Crippen LogP contribution < -0.4 is 0 Å². The Hall–Kier alpha value is -1.24. The van der Waals surface area contributed by atoms with E-state index in [1.54, 1.807) is 11.3 Å². The van der Waals surface area contributed by atoms with Crippen LogP contribution in [0, 0.1) is 0 Å². The molecular weight excluding hydrogens is 313 g/mol. The van der Waals surface area contributed by atoms with Crippen LogP contribution in [0.15, 0.2) is 24.3 Å². The van der Waals surface area contributed by atoms with Crippen LogP contribution in [0.4, 0.5) is 4.39 Å². The summed E-state index contributed by atoms with van der Waals surface area (Å²) in [4.78, 5) is 19.8. The Kier molecular flexibility index (Phi) is 4.37. The molecule has 1 aliphatic heterocycles. The summed E-state index contributed by atoms with van der Waals surface area (Å²) < 4.78 is 14.0. The third-order valence-corrected chi connectivity index (χ3v) is 4.78. The monoisotopic (exact) mass is 327 g/mol. The summed E-state index contributed by atoms with van der Waals surface area (Å²) >= 11 is 6.88. The van der Waals surface area contributed by atoms with Gasteiger partial charge in [-0.1, -0.05) is 23.7 Å². The second-order valence-corrected chi connectivity index (χ2v) is 6.48. The van der Waals surface area contributed by atoms with E-state index in [-0.39, 0.29) is 0 Å². The molecule has 0 bridgehead atoms. The summed E-state index contributed by atoms with van der Waals surface area (Å²) in [7, 11) is 0. The maximum Gasteiger partial charge on any atom is 0.272 e. The Morgan fingerprint density at radius 1 is 1.33 bits per heavy atom. The normalized spacial score (nSPS) is 18.1. The predicted molar refractivity (Wildman–Crippen MR) is 82.2 cm³/mol. The van der Waals surface area contributed by atoms with Crippen molar-refractivity contribution in [1.29, 1.82) is 0 Å². The van der Waals surface area contributed by atoms with Gasteiger partial charge in [0.2, 0.25) is 0 Å². The molecule has 0 spiro atoms. The van der Waals surface area contributed by atoms with Gasteiger partial charge in [0.25, 0.3) is 11.5 Å². The third-order valence-electron chi connectivity index (χ3n) is 3.57. The lowest BCUT2D eigenvalue weighted by molar-refractivity contribution is -0.135. The number of nitrogens with zero attached hydrogens (tertiary/aromatic N) is 3. The van der Waals surface area contributed by atoms with Crippen LogP contribution in [0.25, 0.3) is 10.2 Å². The minimum absolute atomic E-state index is 0.511. The number of fused-ring (bicyclic) bond motifs is 1. The zero-order valence-electron chi connectivity index (χ0n) is 11.3. The molecular formula is C14H15ClFN3OS. The van der Waals surface area contributed by atoms with Crippen molar-refractivity contribution >= 4 is 39.1 Å². The average Bonchev–Trinajstić information content (AvgIpc) is 2.89. The van der Waals surface area contributed by atoms with Gasteiger partial charge in [0, 0.05) is 26.2 Å². The van der Waals surface area contributed by atoms with E-state index in [0.717, 1.165) is 17.1 Å². The number of para-hydroxylation sites is 1. The molecule has 3 rings (SSSR count). The van der Waals surface area contributed by atoms with Crippen LogP contribution in [-0.4, -0.2) is 52.5 Å². The number of aromatic nitrogens is 1. The fourth-order valence-electron chi connectivity index (χ4n) is 2.44. The van der Waals surface area contributed by atoms with E-state index < -0.39 is 11.5 Å². The van der Waals surface area contributed by atoms with Crippen LogP contribution >= 0.6 is 22.9 Å².